The molecule has 1 N–H and O–H groups in total. The highest BCUT2D eigenvalue weighted by molar-refractivity contribution is 9.09. The summed E-state index contributed by atoms with van der Waals surface area (Å²) in [6.45, 7) is 4.21. The molecule has 1 fully saturated rings. The largest absolute Gasteiger partial charge is 0.353 e. The van der Waals surface area contributed by atoms with E-state index >= 15 is 0 Å². The van der Waals surface area contributed by atoms with E-state index in [2.05, 4.69) is 35.1 Å². The average molecular weight is 290 g/mol. The van der Waals surface area contributed by atoms with Crippen molar-refractivity contribution in [2.24, 2.45) is 5.92 Å². The number of nitrogens with one attached hydrogen (secondary N) is 1. The highest BCUT2D eigenvalue weighted by atomic mass is 79.9. The van der Waals surface area contributed by atoms with Crippen molar-refractivity contribution in [3.05, 3.63) is 0 Å². The number of amides is 1. The highest BCUT2D eigenvalue weighted by Crippen LogP contribution is 2.23. The molecule has 0 radical (unpaired) electrons. The van der Waals surface area contributed by atoms with Gasteiger partial charge in [0.1, 0.15) is 0 Å². The van der Waals surface area contributed by atoms with Gasteiger partial charge in [-0.3, -0.25) is 4.79 Å². The van der Waals surface area contributed by atoms with Crippen LogP contribution in [0.4, 0.5) is 0 Å². The molecule has 2 atom stereocenters. The van der Waals surface area contributed by atoms with Crippen molar-refractivity contribution in [2.75, 3.05) is 0 Å². The van der Waals surface area contributed by atoms with Gasteiger partial charge in [-0.25, -0.2) is 0 Å². The summed E-state index contributed by atoms with van der Waals surface area (Å²) in [5.74, 6) is 0.554. The number of carbonyl (C=O) groups excluding carboxylic acids is 1. The molecule has 0 heterocycles. The van der Waals surface area contributed by atoms with Crippen molar-refractivity contribution in [3.63, 3.8) is 0 Å². The second-order valence-electron chi connectivity index (χ2n) is 5.11. The monoisotopic (exact) mass is 289 g/mol. The third-order valence-corrected chi connectivity index (χ3v) is 3.67. The van der Waals surface area contributed by atoms with Crippen LogP contribution in [-0.2, 0) is 4.79 Å². The molecule has 2 nitrogen and oxygen atoms in total. The fourth-order valence-corrected chi connectivity index (χ4v) is 3.01. The fourth-order valence-electron chi connectivity index (χ4n) is 2.45. The zero-order chi connectivity index (χ0) is 12.0. The summed E-state index contributed by atoms with van der Waals surface area (Å²) in [5, 5.41) is 3.14. The summed E-state index contributed by atoms with van der Waals surface area (Å²) in [6, 6.07) is 0.283. The quantitative estimate of drug-likeness (QED) is 0.621. The van der Waals surface area contributed by atoms with E-state index in [4.69, 9.17) is 0 Å². The molecule has 0 aromatic heterocycles. The molecule has 1 aliphatic rings. The van der Waals surface area contributed by atoms with Gasteiger partial charge in [0.15, 0.2) is 0 Å². The highest BCUT2D eigenvalue weighted by Gasteiger charge is 2.21. The van der Waals surface area contributed by atoms with Crippen molar-refractivity contribution in [1.82, 2.24) is 5.32 Å². The lowest BCUT2D eigenvalue weighted by molar-refractivity contribution is -0.126. The lowest BCUT2D eigenvalue weighted by atomic mass is 9.99. The van der Waals surface area contributed by atoms with Gasteiger partial charge < -0.3 is 5.32 Å². The first-order valence-corrected chi connectivity index (χ1v) is 7.45. The molecule has 3 heteroatoms. The molecule has 0 aromatic carbocycles. The van der Waals surface area contributed by atoms with Gasteiger partial charge in [0, 0.05) is 16.8 Å². The minimum atomic E-state index is 0.274. The Morgan fingerprint density at radius 1 is 1.25 bits per heavy atom. The van der Waals surface area contributed by atoms with Crippen molar-refractivity contribution in [2.45, 2.75) is 69.7 Å². The SMILES string of the molecule is CC(Br)CC(C)NC(=O)C1CCCCCC1. The third kappa shape index (κ3) is 5.33. The predicted octanol–water partition coefficient (Wildman–Crippen LogP) is 3.64. The van der Waals surface area contributed by atoms with Gasteiger partial charge in [-0.1, -0.05) is 48.5 Å². The number of halogens is 1. The molecule has 94 valence electrons. The van der Waals surface area contributed by atoms with Crippen molar-refractivity contribution in [1.29, 1.82) is 0 Å². The summed E-state index contributed by atoms with van der Waals surface area (Å²) in [5.41, 5.74) is 0. The van der Waals surface area contributed by atoms with Crippen LogP contribution < -0.4 is 5.32 Å². The van der Waals surface area contributed by atoms with E-state index in [0.717, 1.165) is 19.3 Å². The Morgan fingerprint density at radius 2 is 1.81 bits per heavy atom. The Labute approximate surface area is 108 Å². The maximum Gasteiger partial charge on any atom is 0.223 e. The van der Waals surface area contributed by atoms with Crippen LogP contribution in [0, 0.1) is 5.92 Å². The van der Waals surface area contributed by atoms with E-state index in [9.17, 15) is 4.79 Å². The van der Waals surface area contributed by atoms with Gasteiger partial charge >= 0.3 is 0 Å². The molecule has 16 heavy (non-hydrogen) atoms. The van der Waals surface area contributed by atoms with Crippen molar-refractivity contribution < 1.29 is 4.79 Å². The molecule has 0 bridgehead atoms. The Hall–Kier alpha value is -0.0500. The molecule has 0 aromatic rings. The van der Waals surface area contributed by atoms with Crippen LogP contribution >= 0.6 is 15.9 Å². The zero-order valence-corrected chi connectivity index (χ0v) is 12.1. The van der Waals surface area contributed by atoms with E-state index in [1.807, 2.05) is 0 Å². The average Bonchev–Trinajstić information content (AvgIpc) is 2.43. The second-order valence-corrected chi connectivity index (χ2v) is 6.68. The van der Waals surface area contributed by atoms with Crippen LogP contribution in [0.5, 0.6) is 0 Å². The van der Waals surface area contributed by atoms with E-state index in [0.29, 0.717) is 4.83 Å². The van der Waals surface area contributed by atoms with E-state index in [1.165, 1.54) is 25.7 Å². The lowest BCUT2D eigenvalue weighted by Gasteiger charge is -2.19. The lowest BCUT2D eigenvalue weighted by Crippen LogP contribution is -2.38. The second kappa shape index (κ2) is 7.31. The van der Waals surface area contributed by atoms with Gasteiger partial charge in [0.2, 0.25) is 5.91 Å². The molecule has 1 amide bonds. The first-order valence-electron chi connectivity index (χ1n) is 6.54. The van der Waals surface area contributed by atoms with Gasteiger partial charge in [0.05, 0.1) is 0 Å². The Kier molecular flexibility index (Phi) is 6.40. The summed E-state index contributed by atoms with van der Waals surface area (Å²) >= 11 is 3.52. The van der Waals surface area contributed by atoms with Crippen molar-refractivity contribution >= 4 is 21.8 Å². The minimum absolute atomic E-state index is 0.274. The minimum Gasteiger partial charge on any atom is -0.353 e. The van der Waals surface area contributed by atoms with E-state index < -0.39 is 0 Å². The molecule has 0 saturated heterocycles. The maximum atomic E-state index is 12.0. The first kappa shape index (κ1) is 14.0. The summed E-state index contributed by atoms with van der Waals surface area (Å²) < 4.78 is 0. The fraction of sp³-hybridized carbons (Fsp3) is 0.923. The van der Waals surface area contributed by atoms with Gasteiger partial charge in [-0.2, -0.15) is 0 Å². The number of carbonyl (C=O) groups is 1. The van der Waals surface area contributed by atoms with Crippen molar-refractivity contribution in [3.8, 4) is 0 Å². The summed E-state index contributed by atoms with van der Waals surface area (Å²) in [7, 11) is 0. The van der Waals surface area contributed by atoms with Gasteiger partial charge in [0.25, 0.3) is 0 Å². The maximum absolute atomic E-state index is 12.0. The molecule has 1 rings (SSSR count). The molecule has 1 aliphatic carbocycles. The van der Waals surface area contributed by atoms with Crippen LogP contribution in [0.25, 0.3) is 0 Å². The standard InChI is InChI=1S/C13H24BrNO/c1-10(14)9-11(2)15-13(16)12-7-5-3-4-6-8-12/h10-12H,3-9H2,1-2H3,(H,15,16). The molecule has 2 unspecified atom stereocenters. The number of rotatable bonds is 4. The Balaban J connectivity index is 2.32. The van der Waals surface area contributed by atoms with Crippen LogP contribution in [-0.4, -0.2) is 16.8 Å². The molecule has 0 spiro atoms. The summed E-state index contributed by atoms with van der Waals surface area (Å²) in [6.07, 6.45) is 8.22. The third-order valence-electron chi connectivity index (χ3n) is 3.29. The molecular weight excluding hydrogens is 266 g/mol. The Bertz CT molecular complexity index is 210. The molecular formula is C13H24BrNO. The van der Waals surface area contributed by atoms with Crippen LogP contribution in [0.3, 0.4) is 0 Å². The van der Waals surface area contributed by atoms with E-state index in [-0.39, 0.29) is 17.9 Å². The normalized spacial score (nSPS) is 22.2. The van der Waals surface area contributed by atoms with Crippen LogP contribution in [0.15, 0.2) is 0 Å². The first-order chi connectivity index (χ1) is 7.59. The number of hydrogen-bond donors (Lipinski definition) is 1. The molecule has 0 aliphatic heterocycles. The zero-order valence-electron chi connectivity index (χ0n) is 10.5. The number of alkyl halides is 1. The van der Waals surface area contributed by atoms with Gasteiger partial charge in [-0.15, -0.1) is 0 Å². The Morgan fingerprint density at radius 3 is 2.31 bits per heavy atom. The van der Waals surface area contributed by atoms with E-state index in [1.54, 1.807) is 0 Å². The van der Waals surface area contributed by atoms with Gasteiger partial charge in [-0.05, 0) is 26.2 Å². The van der Waals surface area contributed by atoms with Crippen LogP contribution in [0.1, 0.15) is 58.8 Å². The van der Waals surface area contributed by atoms with Crippen LogP contribution in [0.2, 0.25) is 0 Å². The topological polar surface area (TPSA) is 29.1 Å². The summed E-state index contributed by atoms with van der Waals surface area (Å²) in [4.78, 5) is 12.5. The predicted molar refractivity (Wildman–Crippen MR) is 71.8 cm³/mol. The molecule has 1 saturated carbocycles. The smallest absolute Gasteiger partial charge is 0.223 e. The number of hydrogen-bond acceptors (Lipinski definition) is 1.